The lowest BCUT2D eigenvalue weighted by Crippen LogP contribution is -2.68. The average Bonchev–Trinajstić information content (AvgIpc) is 3.31. The topological polar surface area (TPSA) is 85.9 Å². The van der Waals surface area contributed by atoms with Crippen LogP contribution in [0, 0.1) is 13.8 Å². The van der Waals surface area contributed by atoms with E-state index in [4.69, 9.17) is 9.97 Å². The van der Waals surface area contributed by atoms with E-state index in [1.54, 1.807) is 0 Å². The number of nitrogens with zero attached hydrogens (tertiary/aromatic N) is 6. The summed E-state index contributed by atoms with van der Waals surface area (Å²) in [7, 11) is 0. The van der Waals surface area contributed by atoms with Crippen molar-refractivity contribution >= 4 is 17.5 Å². The fourth-order valence-corrected chi connectivity index (χ4v) is 5.30. The predicted octanol–water partition coefficient (Wildman–Crippen LogP) is 4.65. The van der Waals surface area contributed by atoms with E-state index in [0.29, 0.717) is 23.7 Å². The molecule has 1 aromatic carbocycles. The van der Waals surface area contributed by atoms with Crippen molar-refractivity contribution in [1.82, 2.24) is 30.0 Å². The molecular formula is C28H32N8. The lowest BCUT2D eigenvalue weighted by atomic mass is 9.86. The summed E-state index contributed by atoms with van der Waals surface area (Å²) in [6, 6.07) is 18.3. The second kappa shape index (κ2) is 9.35. The molecule has 7 rings (SSSR count). The highest BCUT2D eigenvalue weighted by Crippen LogP contribution is 2.35. The molecule has 3 aromatic heterocycles. The van der Waals surface area contributed by atoms with E-state index in [-0.39, 0.29) is 0 Å². The molecule has 3 saturated heterocycles. The maximum absolute atomic E-state index is 4.80. The van der Waals surface area contributed by atoms with Crippen molar-refractivity contribution < 1.29 is 0 Å². The fraction of sp³-hybridized carbons (Fsp3) is 0.357. The van der Waals surface area contributed by atoms with Gasteiger partial charge < -0.3 is 10.2 Å². The normalized spacial score (nSPS) is 19.2. The number of rotatable bonds is 7. The third-order valence-corrected chi connectivity index (χ3v) is 7.29. The third-order valence-electron chi connectivity index (χ3n) is 7.29. The minimum atomic E-state index is 0.593. The van der Waals surface area contributed by atoms with E-state index in [0.717, 1.165) is 54.6 Å². The van der Waals surface area contributed by atoms with Crippen LogP contribution in [0.1, 0.15) is 35.9 Å². The van der Waals surface area contributed by atoms with Gasteiger partial charge in [0.05, 0.1) is 0 Å². The van der Waals surface area contributed by atoms with Crippen molar-refractivity contribution in [2.75, 3.05) is 23.3 Å². The molecule has 2 atom stereocenters. The minimum absolute atomic E-state index is 0.593. The van der Waals surface area contributed by atoms with E-state index in [9.17, 15) is 0 Å². The molecule has 2 unspecified atom stereocenters. The molecule has 184 valence electrons. The highest BCUT2D eigenvalue weighted by Gasteiger charge is 2.44. The van der Waals surface area contributed by atoms with Gasteiger partial charge in [0.25, 0.3) is 0 Å². The van der Waals surface area contributed by atoms with Gasteiger partial charge in [0.2, 0.25) is 0 Å². The van der Waals surface area contributed by atoms with Crippen LogP contribution in [0.3, 0.4) is 0 Å². The molecule has 0 aliphatic carbocycles. The lowest BCUT2D eigenvalue weighted by molar-refractivity contribution is -0.00868. The third kappa shape index (κ3) is 4.56. The molecule has 0 radical (unpaired) electrons. The molecular weight excluding hydrogens is 448 g/mol. The standard InChI is InChI=1S/C28H32N8/c1-4-20-5-7-21(8-6-20)15-36-23-13-24(36)17-35(16-23)27-10-9-22(14-29-27)28-30-18(2)11-25(32-28)31-26-12-19(3)33-34-26/h5-12,14,23-24H,4,13,15-17H2,1-3H3,(H2,30,31,32,33,34). The molecule has 0 saturated carbocycles. The van der Waals surface area contributed by atoms with Crippen molar-refractivity contribution in [2.45, 2.75) is 52.2 Å². The number of aromatic amines is 1. The summed E-state index contributed by atoms with van der Waals surface area (Å²) >= 11 is 0. The maximum Gasteiger partial charge on any atom is 0.163 e. The van der Waals surface area contributed by atoms with Crippen molar-refractivity contribution in [3.63, 3.8) is 0 Å². The molecule has 36 heavy (non-hydrogen) atoms. The molecule has 4 aromatic rings. The van der Waals surface area contributed by atoms with E-state index in [1.807, 2.05) is 32.2 Å². The Morgan fingerprint density at radius 3 is 2.39 bits per heavy atom. The first kappa shape index (κ1) is 22.7. The Kier molecular flexibility index (Phi) is 5.89. The SMILES string of the molecule is CCc1ccc(CN2C3CC2CN(c2ccc(-c4nc(C)cc(Nc5cc(C)[nH]n5)n4)cn2)C3)cc1. The van der Waals surface area contributed by atoms with Crippen LogP contribution in [-0.4, -0.2) is 55.2 Å². The van der Waals surface area contributed by atoms with Gasteiger partial charge in [0.15, 0.2) is 11.6 Å². The molecule has 3 aliphatic rings. The van der Waals surface area contributed by atoms with Gasteiger partial charge in [-0.3, -0.25) is 10.00 Å². The summed E-state index contributed by atoms with van der Waals surface area (Å²) in [5, 5.41) is 10.4. The van der Waals surface area contributed by atoms with Gasteiger partial charge in [-0.15, -0.1) is 0 Å². The monoisotopic (exact) mass is 480 g/mol. The van der Waals surface area contributed by atoms with Crippen LogP contribution in [0.5, 0.6) is 0 Å². The number of aromatic nitrogens is 5. The molecule has 0 spiro atoms. The van der Waals surface area contributed by atoms with E-state index < -0.39 is 0 Å². The van der Waals surface area contributed by atoms with E-state index in [1.165, 1.54) is 17.5 Å². The Morgan fingerprint density at radius 1 is 0.944 bits per heavy atom. The van der Waals surface area contributed by atoms with Crippen LogP contribution in [0.2, 0.25) is 0 Å². The van der Waals surface area contributed by atoms with Gasteiger partial charge in [-0.25, -0.2) is 15.0 Å². The van der Waals surface area contributed by atoms with Crippen LogP contribution in [0.25, 0.3) is 11.4 Å². The smallest absolute Gasteiger partial charge is 0.163 e. The Morgan fingerprint density at radius 2 is 1.72 bits per heavy atom. The first-order valence-electron chi connectivity index (χ1n) is 12.7. The number of anilines is 3. The average molecular weight is 481 g/mol. The zero-order valence-electron chi connectivity index (χ0n) is 21.1. The number of hydrogen-bond acceptors (Lipinski definition) is 7. The minimum Gasteiger partial charge on any atom is -0.353 e. The zero-order chi connectivity index (χ0) is 24.6. The molecule has 3 fully saturated rings. The summed E-state index contributed by atoms with van der Waals surface area (Å²) < 4.78 is 0. The molecule has 6 heterocycles. The van der Waals surface area contributed by atoms with Crippen LogP contribution < -0.4 is 10.2 Å². The molecule has 8 nitrogen and oxygen atoms in total. The number of hydrogen-bond donors (Lipinski definition) is 2. The van der Waals surface area contributed by atoms with Gasteiger partial charge in [-0.1, -0.05) is 31.2 Å². The lowest BCUT2D eigenvalue weighted by Gasteiger charge is -2.56. The van der Waals surface area contributed by atoms with Crippen LogP contribution in [-0.2, 0) is 13.0 Å². The number of H-pyrrole nitrogens is 1. The number of benzene rings is 1. The summed E-state index contributed by atoms with van der Waals surface area (Å²) in [4.78, 5) is 19.2. The van der Waals surface area contributed by atoms with E-state index in [2.05, 4.69) is 73.6 Å². The molecule has 2 bridgehead atoms. The highest BCUT2D eigenvalue weighted by atomic mass is 15.4. The zero-order valence-corrected chi connectivity index (χ0v) is 21.1. The van der Waals surface area contributed by atoms with Crippen molar-refractivity contribution in [3.05, 3.63) is 77.2 Å². The number of pyridine rings is 1. The molecule has 8 heteroatoms. The highest BCUT2D eigenvalue weighted by molar-refractivity contribution is 5.61. The van der Waals surface area contributed by atoms with Crippen molar-refractivity contribution in [3.8, 4) is 11.4 Å². The number of fused-ring (bicyclic) bond motifs is 2. The Labute approximate surface area is 211 Å². The molecule has 3 aliphatic heterocycles. The van der Waals surface area contributed by atoms with Crippen LogP contribution >= 0.6 is 0 Å². The second-order valence-electron chi connectivity index (χ2n) is 9.98. The van der Waals surface area contributed by atoms with Crippen LogP contribution in [0.15, 0.2) is 54.7 Å². The maximum atomic E-state index is 4.80. The Balaban J connectivity index is 1.11. The van der Waals surface area contributed by atoms with Gasteiger partial charge in [0, 0.05) is 67.0 Å². The van der Waals surface area contributed by atoms with Crippen LogP contribution in [0.4, 0.5) is 17.5 Å². The van der Waals surface area contributed by atoms with Gasteiger partial charge in [0.1, 0.15) is 11.6 Å². The first-order valence-corrected chi connectivity index (χ1v) is 12.7. The van der Waals surface area contributed by atoms with Crippen molar-refractivity contribution in [2.24, 2.45) is 0 Å². The first-order chi connectivity index (χ1) is 17.5. The predicted molar refractivity (Wildman–Crippen MR) is 142 cm³/mol. The molecule has 0 amide bonds. The number of nitrogens with one attached hydrogen (secondary N) is 2. The second-order valence-corrected chi connectivity index (χ2v) is 9.98. The Bertz CT molecular complexity index is 1330. The number of aryl methyl sites for hydroxylation is 3. The van der Waals surface area contributed by atoms with E-state index >= 15 is 0 Å². The number of piperidine rings is 1. The summed E-state index contributed by atoms with van der Waals surface area (Å²) in [6.45, 7) is 9.23. The number of piperazine rings is 1. The summed E-state index contributed by atoms with van der Waals surface area (Å²) in [5.41, 5.74) is 5.60. The van der Waals surface area contributed by atoms with Gasteiger partial charge in [-0.2, -0.15) is 5.10 Å². The Hall–Kier alpha value is -3.78. The van der Waals surface area contributed by atoms with Gasteiger partial charge >= 0.3 is 0 Å². The van der Waals surface area contributed by atoms with Gasteiger partial charge in [-0.05, 0) is 49.9 Å². The summed E-state index contributed by atoms with van der Waals surface area (Å²) in [6.07, 6.45) is 4.26. The fourth-order valence-electron chi connectivity index (χ4n) is 5.30. The van der Waals surface area contributed by atoms with Crippen molar-refractivity contribution in [1.29, 1.82) is 0 Å². The summed E-state index contributed by atoms with van der Waals surface area (Å²) in [5.74, 6) is 3.14. The quantitative estimate of drug-likeness (QED) is 0.398. The largest absolute Gasteiger partial charge is 0.353 e. The molecule has 2 N–H and O–H groups in total.